The van der Waals surface area contributed by atoms with Crippen molar-refractivity contribution in [3.05, 3.63) is 58.6 Å². The first kappa shape index (κ1) is 15.6. The van der Waals surface area contributed by atoms with Gasteiger partial charge < -0.3 is 20.3 Å². The van der Waals surface area contributed by atoms with E-state index in [2.05, 4.69) is 5.32 Å². The van der Waals surface area contributed by atoms with E-state index in [1.807, 2.05) is 18.2 Å². The van der Waals surface area contributed by atoms with Crippen molar-refractivity contribution in [3.63, 3.8) is 0 Å². The number of aliphatic hydroxyl groups is 1. The van der Waals surface area contributed by atoms with Crippen molar-refractivity contribution >= 4 is 11.6 Å². The lowest BCUT2D eigenvalue weighted by Gasteiger charge is -2.14. The van der Waals surface area contributed by atoms with Gasteiger partial charge in [0.05, 0.1) is 13.2 Å². The van der Waals surface area contributed by atoms with Gasteiger partial charge in [0.1, 0.15) is 11.5 Å². The minimum atomic E-state index is -0.651. The zero-order valence-corrected chi connectivity index (χ0v) is 12.5. The summed E-state index contributed by atoms with van der Waals surface area (Å²) in [6.45, 7) is 0.784. The molecule has 0 bridgehead atoms. The maximum absolute atomic E-state index is 10.1. The van der Waals surface area contributed by atoms with E-state index in [0.29, 0.717) is 29.4 Å². The van der Waals surface area contributed by atoms with Gasteiger partial charge in [-0.3, -0.25) is 0 Å². The predicted octanol–water partition coefficient (Wildman–Crippen LogP) is 2.88. The average molecular weight is 308 g/mol. The third-order valence-corrected chi connectivity index (χ3v) is 3.41. The highest BCUT2D eigenvalue weighted by molar-refractivity contribution is 6.30. The van der Waals surface area contributed by atoms with Gasteiger partial charge in [0.25, 0.3) is 0 Å². The molecule has 3 N–H and O–H groups in total. The number of rotatable bonds is 6. The molecule has 0 aromatic heterocycles. The van der Waals surface area contributed by atoms with Gasteiger partial charge in [-0.15, -0.1) is 0 Å². The minimum Gasteiger partial charge on any atom is -0.508 e. The summed E-state index contributed by atoms with van der Waals surface area (Å²) in [4.78, 5) is 0. The van der Waals surface area contributed by atoms with Gasteiger partial charge in [-0.25, -0.2) is 0 Å². The summed E-state index contributed by atoms with van der Waals surface area (Å²) in [5.41, 5.74) is 1.47. The first-order valence-electron chi connectivity index (χ1n) is 6.60. The molecule has 4 nitrogen and oxygen atoms in total. The van der Waals surface area contributed by atoms with E-state index >= 15 is 0 Å². The van der Waals surface area contributed by atoms with E-state index in [1.165, 1.54) is 0 Å². The Hall–Kier alpha value is -1.75. The molecule has 0 aliphatic carbocycles. The summed E-state index contributed by atoms with van der Waals surface area (Å²) in [6, 6.07) is 12.2. The Morgan fingerprint density at radius 1 is 1.24 bits per heavy atom. The SMILES string of the molecule is COc1cccc(C(O)CNCc2cc(Cl)ccc2O)c1. The van der Waals surface area contributed by atoms with Crippen LogP contribution in [0.15, 0.2) is 42.5 Å². The molecular formula is C16H18ClNO3. The number of hydrogen-bond acceptors (Lipinski definition) is 4. The van der Waals surface area contributed by atoms with Crippen LogP contribution in [-0.4, -0.2) is 23.9 Å². The van der Waals surface area contributed by atoms with E-state index in [4.69, 9.17) is 16.3 Å². The molecule has 5 heteroatoms. The highest BCUT2D eigenvalue weighted by Crippen LogP contribution is 2.22. The van der Waals surface area contributed by atoms with Crippen molar-refractivity contribution < 1.29 is 14.9 Å². The van der Waals surface area contributed by atoms with Crippen LogP contribution in [0.4, 0.5) is 0 Å². The van der Waals surface area contributed by atoms with Crippen LogP contribution in [0.2, 0.25) is 5.02 Å². The fourth-order valence-electron chi connectivity index (χ4n) is 2.01. The molecule has 0 saturated heterocycles. The monoisotopic (exact) mass is 307 g/mol. The largest absolute Gasteiger partial charge is 0.508 e. The predicted molar refractivity (Wildman–Crippen MR) is 82.8 cm³/mol. The first-order valence-corrected chi connectivity index (χ1v) is 6.98. The molecule has 0 fully saturated rings. The molecule has 0 amide bonds. The number of aromatic hydroxyl groups is 1. The normalized spacial score (nSPS) is 12.1. The van der Waals surface area contributed by atoms with Crippen LogP contribution in [0.5, 0.6) is 11.5 Å². The van der Waals surface area contributed by atoms with Gasteiger partial charge in [0, 0.05) is 23.7 Å². The number of phenolic OH excluding ortho intramolecular Hbond substituents is 1. The Morgan fingerprint density at radius 3 is 2.81 bits per heavy atom. The lowest BCUT2D eigenvalue weighted by Crippen LogP contribution is -2.21. The molecule has 21 heavy (non-hydrogen) atoms. The van der Waals surface area contributed by atoms with Gasteiger partial charge in [-0.2, -0.15) is 0 Å². The van der Waals surface area contributed by atoms with Crippen LogP contribution in [-0.2, 0) is 6.54 Å². The van der Waals surface area contributed by atoms with Crippen LogP contribution in [0.1, 0.15) is 17.2 Å². The second-order valence-corrected chi connectivity index (χ2v) is 5.13. The summed E-state index contributed by atoms with van der Waals surface area (Å²) in [6.07, 6.45) is -0.651. The second kappa shape index (κ2) is 7.31. The van der Waals surface area contributed by atoms with E-state index in [1.54, 1.807) is 31.4 Å². The van der Waals surface area contributed by atoms with Crippen molar-refractivity contribution in [2.75, 3.05) is 13.7 Å². The first-order chi connectivity index (χ1) is 10.1. The number of ether oxygens (including phenoxy) is 1. The van der Waals surface area contributed by atoms with Gasteiger partial charge in [-0.05, 0) is 35.9 Å². The Bertz CT molecular complexity index is 604. The molecule has 0 saturated carbocycles. The zero-order valence-electron chi connectivity index (χ0n) is 11.7. The molecule has 0 heterocycles. The molecule has 0 aliphatic heterocycles. The molecular weight excluding hydrogens is 290 g/mol. The quantitative estimate of drug-likeness (QED) is 0.768. The van der Waals surface area contributed by atoms with Crippen LogP contribution in [0.3, 0.4) is 0 Å². The van der Waals surface area contributed by atoms with Crippen molar-refractivity contribution in [2.45, 2.75) is 12.6 Å². The number of nitrogens with one attached hydrogen (secondary N) is 1. The number of hydrogen-bond donors (Lipinski definition) is 3. The Balaban J connectivity index is 1.91. The molecule has 1 unspecified atom stereocenters. The number of aliphatic hydroxyl groups excluding tert-OH is 1. The summed E-state index contributed by atoms with van der Waals surface area (Å²) < 4.78 is 5.13. The standard InChI is InChI=1S/C16H18ClNO3/c1-21-14-4-2-3-11(8-14)16(20)10-18-9-12-7-13(17)5-6-15(12)19/h2-8,16,18-20H,9-10H2,1H3. The Kier molecular flexibility index (Phi) is 5.44. The number of halogens is 1. The summed E-state index contributed by atoms with van der Waals surface area (Å²) >= 11 is 5.89. The fourth-order valence-corrected chi connectivity index (χ4v) is 2.20. The van der Waals surface area contributed by atoms with Crippen molar-refractivity contribution in [3.8, 4) is 11.5 Å². The van der Waals surface area contributed by atoms with E-state index in [-0.39, 0.29) is 5.75 Å². The smallest absolute Gasteiger partial charge is 0.120 e. The summed E-state index contributed by atoms with van der Waals surface area (Å²) in [5.74, 6) is 0.891. The van der Waals surface area contributed by atoms with Crippen molar-refractivity contribution in [1.29, 1.82) is 0 Å². The molecule has 2 aromatic rings. The average Bonchev–Trinajstić information content (AvgIpc) is 2.50. The Morgan fingerprint density at radius 2 is 2.05 bits per heavy atom. The lowest BCUT2D eigenvalue weighted by atomic mass is 10.1. The van der Waals surface area contributed by atoms with Crippen molar-refractivity contribution in [1.82, 2.24) is 5.32 Å². The van der Waals surface area contributed by atoms with Gasteiger partial charge in [0.2, 0.25) is 0 Å². The van der Waals surface area contributed by atoms with Crippen LogP contribution in [0, 0.1) is 0 Å². The fraction of sp³-hybridized carbons (Fsp3) is 0.250. The number of methoxy groups -OCH3 is 1. The van der Waals surface area contributed by atoms with Gasteiger partial charge >= 0.3 is 0 Å². The topological polar surface area (TPSA) is 61.7 Å². The number of benzene rings is 2. The molecule has 0 aliphatic rings. The van der Waals surface area contributed by atoms with E-state index in [9.17, 15) is 10.2 Å². The van der Waals surface area contributed by atoms with E-state index in [0.717, 1.165) is 5.56 Å². The summed E-state index contributed by atoms with van der Waals surface area (Å²) in [5, 5.41) is 23.5. The van der Waals surface area contributed by atoms with Gasteiger partial charge in [-0.1, -0.05) is 23.7 Å². The lowest BCUT2D eigenvalue weighted by molar-refractivity contribution is 0.174. The highest BCUT2D eigenvalue weighted by atomic mass is 35.5. The molecule has 1 atom stereocenters. The second-order valence-electron chi connectivity index (χ2n) is 4.70. The van der Waals surface area contributed by atoms with Crippen LogP contribution < -0.4 is 10.1 Å². The number of phenols is 1. The Labute approximate surface area is 129 Å². The third-order valence-electron chi connectivity index (χ3n) is 3.17. The molecule has 0 spiro atoms. The highest BCUT2D eigenvalue weighted by Gasteiger charge is 2.09. The molecule has 2 aromatic carbocycles. The molecule has 112 valence electrons. The van der Waals surface area contributed by atoms with Crippen LogP contribution >= 0.6 is 11.6 Å². The zero-order chi connectivity index (χ0) is 15.2. The summed E-state index contributed by atoms with van der Waals surface area (Å²) in [7, 11) is 1.59. The van der Waals surface area contributed by atoms with Crippen LogP contribution in [0.25, 0.3) is 0 Å². The third kappa shape index (κ3) is 4.36. The minimum absolute atomic E-state index is 0.183. The van der Waals surface area contributed by atoms with Gasteiger partial charge in [0.15, 0.2) is 0 Å². The van der Waals surface area contributed by atoms with Crippen molar-refractivity contribution in [2.24, 2.45) is 0 Å². The maximum Gasteiger partial charge on any atom is 0.120 e. The van der Waals surface area contributed by atoms with E-state index < -0.39 is 6.10 Å². The molecule has 0 radical (unpaired) electrons. The maximum atomic E-state index is 10.1. The molecule has 2 rings (SSSR count).